The molecule has 0 aliphatic heterocycles. The van der Waals surface area contributed by atoms with E-state index in [-0.39, 0.29) is 6.42 Å². The summed E-state index contributed by atoms with van der Waals surface area (Å²) in [4.78, 5) is 11.9. The average molecular weight is 213 g/mol. The number of halogens is 1. The number of nitrogens with two attached hydrogens (primary N) is 2. The van der Waals surface area contributed by atoms with E-state index < -0.39 is 6.67 Å². The zero-order valence-corrected chi connectivity index (χ0v) is 8.01. The van der Waals surface area contributed by atoms with Crippen molar-refractivity contribution in [3.63, 3.8) is 0 Å². The minimum atomic E-state index is -0.509. The van der Waals surface area contributed by atoms with Gasteiger partial charge in [-0.3, -0.25) is 4.39 Å². The molecular formula is C7H8FN5S. The molecule has 74 valence electrons. The van der Waals surface area contributed by atoms with Gasteiger partial charge in [0.25, 0.3) is 0 Å². The number of rotatable bonds is 2. The van der Waals surface area contributed by atoms with Crippen LogP contribution < -0.4 is 11.5 Å². The zero-order chi connectivity index (χ0) is 10.1. The summed E-state index contributed by atoms with van der Waals surface area (Å²) >= 11 is 1.23. The van der Waals surface area contributed by atoms with Crippen LogP contribution in [-0.4, -0.2) is 21.6 Å². The van der Waals surface area contributed by atoms with Gasteiger partial charge in [-0.25, -0.2) is 15.0 Å². The van der Waals surface area contributed by atoms with Crippen LogP contribution in [0, 0.1) is 0 Å². The summed E-state index contributed by atoms with van der Waals surface area (Å²) in [7, 11) is 0. The van der Waals surface area contributed by atoms with Crippen molar-refractivity contribution in [2.45, 2.75) is 6.42 Å². The Morgan fingerprint density at radius 2 is 2.00 bits per heavy atom. The molecule has 7 heteroatoms. The number of thiazole rings is 1. The number of aryl methyl sites for hydroxylation is 1. The molecule has 0 spiro atoms. The lowest BCUT2D eigenvalue weighted by molar-refractivity contribution is 0.488. The highest BCUT2D eigenvalue weighted by molar-refractivity contribution is 7.22. The molecule has 0 amide bonds. The second kappa shape index (κ2) is 3.33. The van der Waals surface area contributed by atoms with E-state index in [1.54, 1.807) is 0 Å². The first-order valence-electron chi connectivity index (χ1n) is 3.95. The fourth-order valence-corrected chi connectivity index (χ4v) is 1.78. The summed E-state index contributed by atoms with van der Waals surface area (Å²) in [5.41, 5.74) is 11.6. The van der Waals surface area contributed by atoms with Crippen LogP contribution in [0.15, 0.2) is 0 Å². The largest absolute Gasteiger partial charge is 0.382 e. The van der Waals surface area contributed by atoms with Gasteiger partial charge in [0.1, 0.15) is 16.3 Å². The van der Waals surface area contributed by atoms with E-state index in [1.807, 2.05) is 0 Å². The Morgan fingerprint density at radius 1 is 1.21 bits per heavy atom. The van der Waals surface area contributed by atoms with Gasteiger partial charge in [-0.05, 0) is 0 Å². The number of hydrogen-bond acceptors (Lipinski definition) is 6. The second-order valence-electron chi connectivity index (χ2n) is 2.67. The number of fused-ring (bicyclic) bond motifs is 1. The first-order chi connectivity index (χ1) is 6.70. The number of alkyl halides is 1. The summed E-state index contributed by atoms with van der Waals surface area (Å²) < 4.78 is 12.7. The lowest BCUT2D eigenvalue weighted by Gasteiger charge is -1.97. The van der Waals surface area contributed by atoms with Gasteiger partial charge in [-0.2, -0.15) is 0 Å². The van der Waals surface area contributed by atoms with Crippen molar-refractivity contribution >= 4 is 32.6 Å². The van der Waals surface area contributed by atoms with Crippen molar-refractivity contribution in [3.8, 4) is 0 Å². The highest BCUT2D eigenvalue weighted by Crippen LogP contribution is 2.26. The smallest absolute Gasteiger partial charge is 0.182 e. The Bertz CT molecular complexity index is 468. The maximum absolute atomic E-state index is 12.1. The lowest BCUT2D eigenvalue weighted by Crippen LogP contribution is -2.01. The Morgan fingerprint density at radius 3 is 2.71 bits per heavy atom. The third kappa shape index (κ3) is 1.46. The molecule has 0 aliphatic carbocycles. The fourth-order valence-electron chi connectivity index (χ4n) is 1.10. The Labute approximate surface area is 83.0 Å². The Balaban J connectivity index is 2.59. The van der Waals surface area contributed by atoms with E-state index in [9.17, 15) is 4.39 Å². The number of hydrogen-bond donors (Lipinski definition) is 2. The number of aromatic nitrogens is 3. The third-order valence-electron chi connectivity index (χ3n) is 1.66. The predicted octanol–water partition coefficient (Wildman–Crippen LogP) is 0.763. The van der Waals surface area contributed by atoms with Gasteiger partial charge >= 0.3 is 0 Å². The molecule has 0 saturated heterocycles. The van der Waals surface area contributed by atoms with Crippen molar-refractivity contribution in [1.29, 1.82) is 0 Å². The summed E-state index contributed by atoms with van der Waals surface area (Å²) in [6.07, 6.45) is 0.150. The van der Waals surface area contributed by atoms with Crippen LogP contribution in [0.3, 0.4) is 0 Å². The van der Waals surface area contributed by atoms with Crippen LogP contribution >= 0.6 is 11.3 Å². The van der Waals surface area contributed by atoms with Crippen molar-refractivity contribution in [2.24, 2.45) is 0 Å². The quantitative estimate of drug-likeness (QED) is 0.768. The molecule has 0 bridgehead atoms. The van der Waals surface area contributed by atoms with Crippen LogP contribution in [0.2, 0.25) is 0 Å². The molecule has 2 heterocycles. The molecule has 14 heavy (non-hydrogen) atoms. The van der Waals surface area contributed by atoms with E-state index in [4.69, 9.17) is 11.5 Å². The molecular weight excluding hydrogens is 205 g/mol. The van der Waals surface area contributed by atoms with Gasteiger partial charge in [0.15, 0.2) is 10.8 Å². The Hall–Kier alpha value is -1.50. The van der Waals surface area contributed by atoms with E-state index in [0.29, 0.717) is 27.1 Å². The van der Waals surface area contributed by atoms with E-state index in [0.717, 1.165) is 0 Å². The monoisotopic (exact) mass is 213 g/mol. The summed E-state index contributed by atoms with van der Waals surface area (Å²) in [6.45, 7) is -0.509. The molecule has 0 unspecified atom stereocenters. The molecule has 0 aliphatic rings. The molecule has 0 saturated carbocycles. The van der Waals surface area contributed by atoms with E-state index in [2.05, 4.69) is 15.0 Å². The number of nitrogen functional groups attached to an aromatic ring is 2. The van der Waals surface area contributed by atoms with Gasteiger partial charge < -0.3 is 11.5 Å². The average Bonchev–Trinajstić information content (AvgIpc) is 2.47. The zero-order valence-electron chi connectivity index (χ0n) is 7.20. The molecule has 0 atom stereocenters. The van der Waals surface area contributed by atoms with Crippen molar-refractivity contribution < 1.29 is 4.39 Å². The van der Waals surface area contributed by atoms with Gasteiger partial charge in [0.2, 0.25) is 0 Å². The number of nitrogens with zero attached hydrogens (tertiary/aromatic N) is 3. The lowest BCUT2D eigenvalue weighted by atomic mass is 10.4. The molecule has 2 rings (SSSR count). The van der Waals surface area contributed by atoms with Crippen LogP contribution in [0.1, 0.15) is 5.82 Å². The standard InChI is InChI=1S/C7H8FN5S/c8-2-1-3-11-5(9)4-6(12-3)13-7(10)14-4/h1-2H2,(H4,9,10,11,12,13). The maximum atomic E-state index is 12.1. The SMILES string of the molecule is Nc1nc2nc(CCF)nc(N)c2s1. The van der Waals surface area contributed by atoms with Crippen molar-refractivity contribution in [1.82, 2.24) is 15.0 Å². The van der Waals surface area contributed by atoms with Crippen LogP contribution in [0.5, 0.6) is 0 Å². The van der Waals surface area contributed by atoms with Gasteiger partial charge in [0.05, 0.1) is 6.67 Å². The summed E-state index contributed by atoms with van der Waals surface area (Å²) in [6, 6.07) is 0. The van der Waals surface area contributed by atoms with Gasteiger partial charge in [-0.1, -0.05) is 11.3 Å². The predicted molar refractivity (Wildman–Crippen MR) is 53.7 cm³/mol. The van der Waals surface area contributed by atoms with Crippen LogP contribution in [0.25, 0.3) is 10.3 Å². The maximum Gasteiger partial charge on any atom is 0.182 e. The van der Waals surface area contributed by atoms with E-state index >= 15 is 0 Å². The fraction of sp³-hybridized carbons (Fsp3) is 0.286. The van der Waals surface area contributed by atoms with Crippen LogP contribution in [0.4, 0.5) is 15.3 Å². The first kappa shape index (κ1) is 9.07. The first-order valence-corrected chi connectivity index (χ1v) is 4.76. The van der Waals surface area contributed by atoms with Gasteiger partial charge in [0, 0.05) is 6.42 Å². The molecule has 0 radical (unpaired) electrons. The summed E-state index contributed by atoms with van der Waals surface area (Å²) in [5.74, 6) is 0.676. The molecule has 0 aromatic carbocycles. The van der Waals surface area contributed by atoms with Crippen LogP contribution in [-0.2, 0) is 6.42 Å². The molecule has 4 N–H and O–H groups in total. The van der Waals surface area contributed by atoms with Gasteiger partial charge in [-0.15, -0.1) is 0 Å². The van der Waals surface area contributed by atoms with Crippen molar-refractivity contribution in [2.75, 3.05) is 18.1 Å². The third-order valence-corrected chi connectivity index (χ3v) is 2.56. The highest BCUT2D eigenvalue weighted by atomic mass is 32.1. The molecule has 0 fully saturated rings. The second-order valence-corrected chi connectivity index (χ2v) is 3.70. The summed E-state index contributed by atoms with van der Waals surface area (Å²) in [5, 5.41) is 0.387. The minimum Gasteiger partial charge on any atom is -0.382 e. The molecule has 5 nitrogen and oxygen atoms in total. The molecule has 2 aromatic heterocycles. The van der Waals surface area contributed by atoms with E-state index in [1.165, 1.54) is 11.3 Å². The highest BCUT2D eigenvalue weighted by Gasteiger charge is 2.09. The Kier molecular flexibility index (Phi) is 2.16. The number of anilines is 2. The van der Waals surface area contributed by atoms with Crippen molar-refractivity contribution in [3.05, 3.63) is 5.82 Å². The molecule has 2 aromatic rings. The topological polar surface area (TPSA) is 90.7 Å². The normalized spacial score (nSPS) is 10.9. The minimum absolute atomic E-state index is 0.150.